The van der Waals surface area contributed by atoms with Crippen LogP contribution in [0.15, 0.2) is 27.4 Å². The van der Waals surface area contributed by atoms with Gasteiger partial charge in [-0.25, -0.2) is 4.79 Å². The predicted molar refractivity (Wildman–Crippen MR) is 108 cm³/mol. The van der Waals surface area contributed by atoms with Crippen molar-refractivity contribution in [2.24, 2.45) is 11.7 Å². The number of fused-ring (bicyclic) bond motifs is 1. The van der Waals surface area contributed by atoms with Crippen LogP contribution in [0.25, 0.3) is 11.0 Å². The van der Waals surface area contributed by atoms with E-state index < -0.39 is 5.63 Å². The highest BCUT2D eigenvalue weighted by Crippen LogP contribution is 2.39. The number of amides is 1. The molecule has 148 valence electrons. The van der Waals surface area contributed by atoms with Crippen LogP contribution in [0.5, 0.6) is 5.75 Å². The number of rotatable bonds is 7. The van der Waals surface area contributed by atoms with Crippen molar-refractivity contribution in [3.05, 3.63) is 39.7 Å². The fourth-order valence-corrected chi connectivity index (χ4v) is 3.45. The first-order chi connectivity index (χ1) is 12.4. The van der Waals surface area contributed by atoms with E-state index in [-0.39, 0.29) is 30.3 Å². The highest BCUT2D eigenvalue weighted by molar-refractivity contribution is 5.85. The van der Waals surface area contributed by atoms with Crippen LogP contribution in [0.1, 0.15) is 37.3 Å². The van der Waals surface area contributed by atoms with E-state index in [1.807, 2.05) is 26.0 Å². The van der Waals surface area contributed by atoms with Gasteiger partial charge in [-0.2, -0.15) is 0 Å². The smallest absolute Gasteiger partial charge is 0.339 e. The van der Waals surface area contributed by atoms with E-state index in [2.05, 4.69) is 5.32 Å². The number of methoxy groups -OCH3 is 1. The SMILES string of the molecule is COc1ccc2c(C)c(CCC(=O)NC(C)(CN)C3CC3)c(=O)oc2c1.Cl. The second kappa shape index (κ2) is 8.31. The van der Waals surface area contributed by atoms with Gasteiger partial charge in [0, 0.05) is 30.0 Å². The zero-order valence-electron chi connectivity index (χ0n) is 16.0. The minimum Gasteiger partial charge on any atom is -0.497 e. The van der Waals surface area contributed by atoms with Gasteiger partial charge in [-0.05, 0) is 56.7 Å². The molecule has 1 heterocycles. The molecule has 0 bridgehead atoms. The molecule has 0 saturated heterocycles. The Hall–Kier alpha value is -2.05. The molecule has 3 rings (SSSR count). The summed E-state index contributed by atoms with van der Waals surface area (Å²) < 4.78 is 10.6. The molecule has 1 atom stereocenters. The van der Waals surface area contributed by atoms with Crippen LogP contribution in [-0.4, -0.2) is 25.1 Å². The monoisotopic (exact) mass is 394 g/mol. The Bertz CT molecular complexity index is 891. The maximum absolute atomic E-state index is 12.4. The van der Waals surface area contributed by atoms with Crippen molar-refractivity contribution in [2.75, 3.05) is 13.7 Å². The summed E-state index contributed by atoms with van der Waals surface area (Å²) in [5.74, 6) is 1.01. The molecule has 0 spiro atoms. The minimum atomic E-state index is -0.403. The van der Waals surface area contributed by atoms with E-state index in [0.717, 1.165) is 23.8 Å². The molecule has 1 amide bonds. The standard InChI is InChI=1S/C20H26N2O4.ClH/c1-12-15-7-6-14(25-3)10-17(15)26-19(24)16(12)8-9-18(23)22-20(2,11-21)13-4-5-13;/h6-7,10,13H,4-5,8-9,11,21H2,1-3H3,(H,22,23);1H. The molecule has 1 aromatic heterocycles. The lowest BCUT2D eigenvalue weighted by Gasteiger charge is -2.29. The van der Waals surface area contributed by atoms with E-state index in [4.69, 9.17) is 14.9 Å². The summed E-state index contributed by atoms with van der Waals surface area (Å²) >= 11 is 0. The maximum atomic E-state index is 12.4. The molecule has 1 fully saturated rings. The largest absolute Gasteiger partial charge is 0.497 e. The second-order valence-corrected chi connectivity index (χ2v) is 7.30. The number of carbonyl (C=O) groups excluding carboxylic acids is 1. The van der Waals surface area contributed by atoms with Gasteiger partial charge >= 0.3 is 5.63 Å². The lowest BCUT2D eigenvalue weighted by Crippen LogP contribution is -2.53. The third kappa shape index (κ3) is 4.45. The number of hydrogen-bond acceptors (Lipinski definition) is 5. The third-order valence-corrected chi connectivity index (χ3v) is 5.42. The fourth-order valence-electron chi connectivity index (χ4n) is 3.45. The summed E-state index contributed by atoms with van der Waals surface area (Å²) in [6.07, 6.45) is 2.78. The first kappa shape index (κ1) is 21.3. The molecule has 0 radical (unpaired) electrons. The van der Waals surface area contributed by atoms with Crippen molar-refractivity contribution in [2.45, 2.75) is 45.1 Å². The quantitative estimate of drug-likeness (QED) is 0.704. The van der Waals surface area contributed by atoms with Crippen LogP contribution >= 0.6 is 12.4 Å². The van der Waals surface area contributed by atoms with Crippen LogP contribution in [0, 0.1) is 12.8 Å². The first-order valence-electron chi connectivity index (χ1n) is 8.99. The first-order valence-corrected chi connectivity index (χ1v) is 8.99. The molecule has 6 nitrogen and oxygen atoms in total. The summed E-state index contributed by atoms with van der Waals surface area (Å²) in [5.41, 5.74) is 6.97. The van der Waals surface area contributed by atoms with Gasteiger partial charge in [0.1, 0.15) is 11.3 Å². The van der Waals surface area contributed by atoms with Gasteiger partial charge < -0.3 is 20.2 Å². The number of halogens is 1. The molecule has 1 aliphatic carbocycles. The number of benzene rings is 1. The van der Waals surface area contributed by atoms with Crippen LogP contribution in [0.2, 0.25) is 0 Å². The lowest BCUT2D eigenvalue weighted by molar-refractivity contribution is -0.123. The van der Waals surface area contributed by atoms with E-state index in [1.165, 1.54) is 0 Å². The average molecular weight is 395 g/mol. The van der Waals surface area contributed by atoms with Crippen LogP contribution < -0.4 is 21.4 Å². The highest BCUT2D eigenvalue weighted by Gasteiger charge is 2.41. The van der Waals surface area contributed by atoms with Gasteiger partial charge in [0.25, 0.3) is 0 Å². The summed E-state index contributed by atoms with van der Waals surface area (Å²) in [6, 6.07) is 5.39. The van der Waals surface area contributed by atoms with Crippen molar-refractivity contribution in [1.82, 2.24) is 5.32 Å². The van der Waals surface area contributed by atoms with Crippen LogP contribution in [0.3, 0.4) is 0 Å². The lowest BCUT2D eigenvalue weighted by atomic mass is 9.95. The number of nitrogens with one attached hydrogen (secondary N) is 1. The van der Waals surface area contributed by atoms with E-state index >= 15 is 0 Å². The number of nitrogens with two attached hydrogens (primary N) is 1. The topological polar surface area (TPSA) is 94.6 Å². The van der Waals surface area contributed by atoms with Gasteiger partial charge in [0.15, 0.2) is 0 Å². The summed E-state index contributed by atoms with van der Waals surface area (Å²) in [5, 5.41) is 3.91. The van der Waals surface area contributed by atoms with E-state index in [1.54, 1.807) is 13.2 Å². The average Bonchev–Trinajstić information content (AvgIpc) is 3.46. The molecule has 27 heavy (non-hydrogen) atoms. The highest BCUT2D eigenvalue weighted by atomic mass is 35.5. The molecule has 3 N–H and O–H groups in total. The van der Waals surface area contributed by atoms with Gasteiger partial charge in [-0.15, -0.1) is 12.4 Å². The van der Waals surface area contributed by atoms with Gasteiger partial charge in [0.2, 0.25) is 5.91 Å². The molecular formula is C20H27ClN2O4. The van der Waals surface area contributed by atoms with Crippen LogP contribution in [-0.2, 0) is 11.2 Å². The molecule has 2 aromatic rings. The van der Waals surface area contributed by atoms with Crippen molar-refractivity contribution in [3.63, 3.8) is 0 Å². The normalized spacial score (nSPS) is 15.7. The fraction of sp³-hybridized carbons (Fsp3) is 0.500. The number of ether oxygens (including phenoxy) is 1. The van der Waals surface area contributed by atoms with Crippen molar-refractivity contribution in [3.8, 4) is 5.75 Å². The maximum Gasteiger partial charge on any atom is 0.339 e. The summed E-state index contributed by atoms with van der Waals surface area (Å²) in [7, 11) is 1.57. The molecule has 7 heteroatoms. The van der Waals surface area contributed by atoms with E-state index in [0.29, 0.717) is 35.8 Å². The van der Waals surface area contributed by atoms with Gasteiger partial charge in [0.05, 0.1) is 12.6 Å². The second-order valence-electron chi connectivity index (χ2n) is 7.30. The number of carbonyl (C=O) groups is 1. The van der Waals surface area contributed by atoms with Crippen molar-refractivity contribution < 1.29 is 13.9 Å². The molecule has 1 aromatic carbocycles. The van der Waals surface area contributed by atoms with Gasteiger partial charge in [-0.3, -0.25) is 4.79 Å². The summed E-state index contributed by atoms with van der Waals surface area (Å²) in [6.45, 7) is 4.29. The summed E-state index contributed by atoms with van der Waals surface area (Å²) in [4.78, 5) is 24.7. The Morgan fingerprint density at radius 2 is 2.11 bits per heavy atom. The molecule has 1 unspecified atom stereocenters. The molecule has 1 aliphatic rings. The van der Waals surface area contributed by atoms with Gasteiger partial charge in [-0.1, -0.05) is 0 Å². The Morgan fingerprint density at radius 1 is 1.41 bits per heavy atom. The zero-order chi connectivity index (χ0) is 18.9. The van der Waals surface area contributed by atoms with E-state index in [9.17, 15) is 9.59 Å². The van der Waals surface area contributed by atoms with Crippen molar-refractivity contribution in [1.29, 1.82) is 0 Å². The Kier molecular flexibility index (Phi) is 6.54. The Morgan fingerprint density at radius 3 is 2.70 bits per heavy atom. The molecule has 1 saturated carbocycles. The molecule has 0 aliphatic heterocycles. The minimum absolute atomic E-state index is 0. The predicted octanol–water partition coefficient (Wildman–Crippen LogP) is 2.71. The Balaban J connectivity index is 0.00000261. The molecular weight excluding hydrogens is 368 g/mol. The number of aryl methyl sites for hydroxylation is 1. The Labute approximate surface area is 164 Å². The zero-order valence-corrected chi connectivity index (χ0v) is 16.8. The van der Waals surface area contributed by atoms with Crippen LogP contribution in [0.4, 0.5) is 0 Å². The third-order valence-electron chi connectivity index (χ3n) is 5.42. The number of hydrogen-bond donors (Lipinski definition) is 2. The van der Waals surface area contributed by atoms with Crippen molar-refractivity contribution >= 4 is 29.3 Å².